The Kier molecular flexibility index (Phi) is 3.83. The summed E-state index contributed by atoms with van der Waals surface area (Å²) in [6.07, 6.45) is 3.52. The van der Waals surface area contributed by atoms with E-state index in [0.717, 1.165) is 25.7 Å². The molecule has 0 radical (unpaired) electrons. The lowest BCUT2D eigenvalue weighted by atomic mass is 10.1. The van der Waals surface area contributed by atoms with Gasteiger partial charge in [0.25, 0.3) is 5.91 Å². The van der Waals surface area contributed by atoms with Gasteiger partial charge < -0.3 is 15.3 Å². The van der Waals surface area contributed by atoms with Crippen molar-refractivity contribution >= 4 is 23.5 Å². The standard InChI is InChI=1S/C16H18N2O4/c19-14(20)9-18(13-6-7-13)16(22)11-2-1-3-12(8-11)17-15(21)10-4-5-10/h1-3,8,10,13H,4-7,9H2,(H,17,21)(H,19,20). The molecule has 0 bridgehead atoms. The normalized spacial score (nSPS) is 16.9. The van der Waals surface area contributed by atoms with Crippen molar-refractivity contribution < 1.29 is 19.5 Å². The molecule has 116 valence electrons. The molecule has 2 N–H and O–H groups in total. The molecule has 0 aliphatic heterocycles. The van der Waals surface area contributed by atoms with E-state index in [-0.39, 0.29) is 30.3 Å². The Morgan fingerprint density at radius 3 is 2.50 bits per heavy atom. The van der Waals surface area contributed by atoms with E-state index in [4.69, 9.17) is 5.11 Å². The number of carboxylic acids is 1. The molecule has 2 fully saturated rings. The van der Waals surface area contributed by atoms with Crippen molar-refractivity contribution in [3.05, 3.63) is 29.8 Å². The maximum Gasteiger partial charge on any atom is 0.323 e. The fourth-order valence-electron chi connectivity index (χ4n) is 2.38. The van der Waals surface area contributed by atoms with Crippen LogP contribution >= 0.6 is 0 Å². The summed E-state index contributed by atoms with van der Waals surface area (Å²) in [5, 5.41) is 11.7. The first-order valence-corrected chi connectivity index (χ1v) is 7.48. The van der Waals surface area contributed by atoms with E-state index in [1.807, 2.05) is 0 Å². The van der Waals surface area contributed by atoms with Crippen LogP contribution in [-0.2, 0) is 9.59 Å². The van der Waals surface area contributed by atoms with Crippen LogP contribution in [0.5, 0.6) is 0 Å². The highest BCUT2D eigenvalue weighted by Gasteiger charge is 2.34. The van der Waals surface area contributed by atoms with Gasteiger partial charge in [-0.2, -0.15) is 0 Å². The maximum absolute atomic E-state index is 12.5. The second-order valence-corrected chi connectivity index (χ2v) is 5.90. The highest BCUT2D eigenvalue weighted by Crippen LogP contribution is 2.31. The van der Waals surface area contributed by atoms with Gasteiger partial charge in [-0.15, -0.1) is 0 Å². The summed E-state index contributed by atoms with van der Waals surface area (Å²) in [5.74, 6) is -1.24. The van der Waals surface area contributed by atoms with Crippen molar-refractivity contribution in [3.8, 4) is 0 Å². The molecule has 2 aliphatic rings. The van der Waals surface area contributed by atoms with Crippen LogP contribution in [0, 0.1) is 5.92 Å². The molecule has 2 saturated carbocycles. The number of amides is 2. The zero-order chi connectivity index (χ0) is 15.7. The van der Waals surface area contributed by atoms with Crippen LogP contribution in [0.3, 0.4) is 0 Å². The van der Waals surface area contributed by atoms with Crippen LogP contribution in [0.2, 0.25) is 0 Å². The van der Waals surface area contributed by atoms with Crippen molar-refractivity contribution in [2.45, 2.75) is 31.7 Å². The number of nitrogens with one attached hydrogen (secondary N) is 1. The van der Waals surface area contributed by atoms with Crippen LogP contribution in [0.4, 0.5) is 5.69 Å². The van der Waals surface area contributed by atoms with Gasteiger partial charge in [0.15, 0.2) is 0 Å². The zero-order valence-electron chi connectivity index (χ0n) is 12.1. The van der Waals surface area contributed by atoms with E-state index in [2.05, 4.69) is 5.32 Å². The SMILES string of the molecule is O=C(O)CN(C(=O)c1cccc(NC(=O)C2CC2)c1)C1CC1. The first-order valence-electron chi connectivity index (χ1n) is 7.48. The van der Waals surface area contributed by atoms with Gasteiger partial charge in [-0.05, 0) is 43.9 Å². The Morgan fingerprint density at radius 1 is 1.18 bits per heavy atom. The van der Waals surface area contributed by atoms with Crippen LogP contribution in [0.1, 0.15) is 36.0 Å². The first-order chi connectivity index (χ1) is 10.5. The molecule has 3 rings (SSSR count). The van der Waals surface area contributed by atoms with Gasteiger partial charge in [0, 0.05) is 23.2 Å². The molecule has 0 aromatic heterocycles. The van der Waals surface area contributed by atoms with Crippen molar-refractivity contribution in [2.24, 2.45) is 5.92 Å². The van der Waals surface area contributed by atoms with Crippen molar-refractivity contribution in [3.63, 3.8) is 0 Å². The van der Waals surface area contributed by atoms with Crippen molar-refractivity contribution in [2.75, 3.05) is 11.9 Å². The van der Waals surface area contributed by atoms with Crippen molar-refractivity contribution in [1.82, 2.24) is 4.90 Å². The second kappa shape index (κ2) is 5.79. The van der Waals surface area contributed by atoms with E-state index in [1.165, 1.54) is 4.90 Å². The first kappa shape index (κ1) is 14.6. The number of rotatable bonds is 6. The Balaban J connectivity index is 1.73. The van der Waals surface area contributed by atoms with E-state index >= 15 is 0 Å². The van der Waals surface area contributed by atoms with Crippen molar-refractivity contribution in [1.29, 1.82) is 0 Å². The minimum atomic E-state index is -1.02. The van der Waals surface area contributed by atoms with Gasteiger partial charge in [0.05, 0.1) is 0 Å². The molecule has 1 aromatic carbocycles. The molecule has 22 heavy (non-hydrogen) atoms. The average Bonchev–Trinajstić information content (AvgIpc) is 3.37. The molecule has 6 heteroatoms. The van der Waals surface area contributed by atoms with E-state index in [1.54, 1.807) is 24.3 Å². The van der Waals surface area contributed by atoms with Gasteiger partial charge in [-0.3, -0.25) is 14.4 Å². The molecule has 1 aromatic rings. The lowest BCUT2D eigenvalue weighted by Crippen LogP contribution is -2.37. The molecule has 0 heterocycles. The monoisotopic (exact) mass is 302 g/mol. The third-order valence-corrected chi connectivity index (χ3v) is 3.88. The molecular formula is C16H18N2O4. The van der Waals surface area contributed by atoms with Gasteiger partial charge in [-0.1, -0.05) is 6.07 Å². The number of carbonyl (C=O) groups excluding carboxylic acids is 2. The number of hydrogen-bond donors (Lipinski definition) is 2. The summed E-state index contributed by atoms with van der Waals surface area (Å²) in [4.78, 5) is 36.6. The third kappa shape index (κ3) is 3.44. The molecule has 0 atom stereocenters. The molecule has 2 aliphatic carbocycles. The second-order valence-electron chi connectivity index (χ2n) is 5.90. The lowest BCUT2D eigenvalue weighted by molar-refractivity contribution is -0.137. The Labute approximate surface area is 128 Å². The quantitative estimate of drug-likeness (QED) is 0.837. The third-order valence-electron chi connectivity index (χ3n) is 3.88. The molecule has 2 amide bonds. The number of carbonyl (C=O) groups is 3. The molecule has 0 saturated heterocycles. The molecular weight excluding hydrogens is 284 g/mol. The Hall–Kier alpha value is -2.37. The van der Waals surface area contributed by atoms with E-state index < -0.39 is 5.97 Å². The topological polar surface area (TPSA) is 86.7 Å². The lowest BCUT2D eigenvalue weighted by Gasteiger charge is -2.20. The molecule has 0 spiro atoms. The Morgan fingerprint density at radius 2 is 1.91 bits per heavy atom. The number of benzene rings is 1. The smallest absolute Gasteiger partial charge is 0.323 e. The predicted octanol–water partition coefficient (Wildman–Crippen LogP) is 1.72. The number of carboxylic acid groups (broad SMARTS) is 1. The highest BCUT2D eigenvalue weighted by molar-refractivity contribution is 5.99. The highest BCUT2D eigenvalue weighted by atomic mass is 16.4. The fourth-order valence-corrected chi connectivity index (χ4v) is 2.38. The number of nitrogens with zero attached hydrogens (tertiary/aromatic N) is 1. The molecule has 0 unspecified atom stereocenters. The summed E-state index contributed by atoms with van der Waals surface area (Å²) < 4.78 is 0. The average molecular weight is 302 g/mol. The minimum Gasteiger partial charge on any atom is -0.480 e. The number of anilines is 1. The molecule has 6 nitrogen and oxygen atoms in total. The van der Waals surface area contributed by atoms with Crippen LogP contribution in [0.15, 0.2) is 24.3 Å². The predicted molar refractivity (Wildman–Crippen MR) is 79.5 cm³/mol. The Bertz CT molecular complexity index is 620. The minimum absolute atomic E-state index is 0.0193. The fraction of sp³-hybridized carbons (Fsp3) is 0.438. The maximum atomic E-state index is 12.5. The van der Waals surface area contributed by atoms with E-state index in [0.29, 0.717) is 11.3 Å². The summed E-state index contributed by atoms with van der Waals surface area (Å²) in [7, 11) is 0. The van der Waals surface area contributed by atoms with Gasteiger partial charge >= 0.3 is 5.97 Å². The van der Waals surface area contributed by atoms with Crippen LogP contribution < -0.4 is 5.32 Å². The van der Waals surface area contributed by atoms with Crippen LogP contribution in [0.25, 0.3) is 0 Å². The summed E-state index contributed by atoms with van der Waals surface area (Å²) in [6.45, 7) is -0.290. The summed E-state index contributed by atoms with van der Waals surface area (Å²) in [6, 6.07) is 6.71. The largest absolute Gasteiger partial charge is 0.480 e. The van der Waals surface area contributed by atoms with Gasteiger partial charge in [0.1, 0.15) is 6.54 Å². The summed E-state index contributed by atoms with van der Waals surface area (Å²) in [5.41, 5.74) is 0.982. The van der Waals surface area contributed by atoms with Gasteiger partial charge in [0.2, 0.25) is 5.91 Å². The number of hydrogen-bond acceptors (Lipinski definition) is 3. The van der Waals surface area contributed by atoms with E-state index in [9.17, 15) is 14.4 Å². The van der Waals surface area contributed by atoms with Crippen LogP contribution in [-0.4, -0.2) is 40.4 Å². The summed E-state index contributed by atoms with van der Waals surface area (Å²) >= 11 is 0. The zero-order valence-corrected chi connectivity index (χ0v) is 12.1. The number of aliphatic carboxylic acids is 1. The van der Waals surface area contributed by atoms with Gasteiger partial charge in [-0.25, -0.2) is 0 Å².